The van der Waals surface area contributed by atoms with E-state index in [-0.39, 0.29) is 22.1 Å². The van der Waals surface area contributed by atoms with E-state index in [1.54, 1.807) is 6.07 Å². The lowest BCUT2D eigenvalue weighted by molar-refractivity contribution is 0.0929. The minimum atomic E-state index is -0.630. The molecular formula is C25H32FN5O4S. The van der Waals surface area contributed by atoms with Crippen LogP contribution in [0, 0.1) is 5.82 Å². The molecule has 0 spiro atoms. The van der Waals surface area contributed by atoms with Gasteiger partial charge in [0, 0.05) is 18.3 Å². The molecule has 0 aromatic heterocycles. The Balaban J connectivity index is 1.39. The van der Waals surface area contributed by atoms with Gasteiger partial charge in [0.25, 0.3) is 17.0 Å². The molecule has 0 unspecified atom stereocenters. The van der Waals surface area contributed by atoms with Crippen LogP contribution >= 0.6 is 12.2 Å². The van der Waals surface area contributed by atoms with E-state index in [1.807, 2.05) is 0 Å². The number of anilines is 1. The van der Waals surface area contributed by atoms with Crippen molar-refractivity contribution in [1.29, 1.82) is 0 Å². The Kier molecular flexibility index (Phi) is 10.9. The zero-order valence-electron chi connectivity index (χ0n) is 20.3. The van der Waals surface area contributed by atoms with Crippen molar-refractivity contribution in [2.24, 2.45) is 0 Å². The summed E-state index contributed by atoms with van der Waals surface area (Å²) in [4.78, 5) is 32.6. The van der Waals surface area contributed by atoms with E-state index in [0.29, 0.717) is 12.2 Å². The Labute approximate surface area is 215 Å². The summed E-state index contributed by atoms with van der Waals surface area (Å²) in [6.45, 7) is 4.10. The van der Waals surface area contributed by atoms with Crippen LogP contribution in [0.1, 0.15) is 52.8 Å². The number of carbonyl (C=O) groups is 2. The number of likely N-dealkylation sites (tertiary alicyclic amines) is 1. The van der Waals surface area contributed by atoms with Crippen LogP contribution in [0.25, 0.3) is 0 Å². The topological polar surface area (TPSA) is 104 Å². The van der Waals surface area contributed by atoms with Crippen LogP contribution in [0.4, 0.5) is 10.1 Å². The van der Waals surface area contributed by atoms with Gasteiger partial charge in [0.2, 0.25) is 0 Å². The summed E-state index contributed by atoms with van der Waals surface area (Å²) in [6, 6.07) is 10.1. The van der Waals surface area contributed by atoms with E-state index in [2.05, 4.69) is 26.5 Å². The number of hydrogen-bond acceptors (Lipinski definition) is 7. The molecule has 9 nitrogen and oxygen atoms in total. The fraction of sp³-hybridized carbons (Fsp3) is 0.400. The van der Waals surface area contributed by atoms with E-state index in [1.165, 1.54) is 75.9 Å². The zero-order valence-corrected chi connectivity index (χ0v) is 21.1. The van der Waals surface area contributed by atoms with Crippen molar-refractivity contribution in [3.63, 3.8) is 0 Å². The Bertz CT molecular complexity index is 1050. The lowest BCUT2D eigenvalue weighted by Crippen LogP contribution is -2.43. The first-order chi connectivity index (χ1) is 17.5. The number of piperidine rings is 1. The third-order valence-electron chi connectivity index (χ3n) is 5.72. The van der Waals surface area contributed by atoms with E-state index in [0.717, 1.165) is 19.4 Å². The number of nitrogens with one attached hydrogen (secondary N) is 4. The number of nitrogens with zero attached hydrogens (tertiary/aromatic N) is 1. The molecule has 0 atom stereocenters. The number of methoxy groups -OCH3 is 1. The molecule has 36 heavy (non-hydrogen) atoms. The molecule has 0 saturated carbocycles. The Hall–Kier alpha value is -3.28. The fourth-order valence-corrected chi connectivity index (χ4v) is 3.94. The molecule has 0 radical (unpaired) electrons. The van der Waals surface area contributed by atoms with E-state index < -0.39 is 17.6 Å². The summed E-state index contributed by atoms with van der Waals surface area (Å²) in [6.07, 6.45) is 5.93. The second-order valence-electron chi connectivity index (χ2n) is 8.32. The highest BCUT2D eigenvalue weighted by Gasteiger charge is 2.16. The zero-order chi connectivity index (χ0) is 25.8. The quantitative estimate of drug-likeness (QED) is 0.216. The number of ether oxygens (including phenoxy) is 1. The number of thiocarbonyl (C=S) groups is 1. The molecule has 0 aliphatic carbocycles. The van der Waals surface area contributed by atoms with Crippen molar-refractivity contribution in [3.8, 4) is 5.75 Å². The minimum Gasteiger partial charge on any atom is -0.496 e. The maximum Gasteiger partial charge on any atom is 0.296 e. The highest BCUT2D eigenvalue weighted by Crippen LogP contribution is 2.24. The van der Waals surface area contributed by atoms with Gasteiger partial charge in [-0.2, -0.15) is 5.48 Å². The predicted octanol–water partition coefficient (Wildman–Crippen LogP) is 3.39. The molecule has 2 amide bonds. The second kappa shape index (κ2) is 14.3. The largest absolute Gasteiger partial charge is 0.496 e. The molecule has 4 N–H and O–H groups in total. The number of unbranched alkanes of at least 4 members (excludes halogenated alkanes) is 1. The van der Waals surface area contributed by atoms with Gasteiger partial charge in [0.05, 0.1) is 18.2 Å². The fourth-order valence-electron chi connectivity index (χ4n) is 3.83. The number of hydroxylamine groups is 1. The Morgan fingerprint density at radius 3 is 2.53 bits per heavy atom. The van der Waals surface area contributed by atoms with Crippen molar-refractivity contribution in [2.45, 2.75) is 32.1 Å². The monoisotopic (exact) mass is 517 g/mol. The number of amides is 2. The maximum atomic E-state index is 13.8. The van der Waals surface area contributed by atoms with Crippen LogP contribution in [0.3, 0.4) is 0 Å². The van der Waals surface area contributed by atoms with Gasteiger partial charge < -0.3 is 19.8 Å². The van der Waals surface area contributed by atoms with Crippen LogP contribution in [-0.4, -0.2) is 55.2 Å². The number of hydrogen-bond donors (Lipinski definition) is 4. The highest BCUT2D eigenvalue weighted by atomic mass is 32.1. The van der Waals surface area contributed by atoms with E-state index in [4.69, 9.17) is 21.8 Å². The molecular weight excluding hydrogens is 485 g/mol. The lowest BCUT2D eigenvalue weighted by Gasteiger charge is -2.26. The van der Waals surface area contributed by atoms with Gasteiger partial charge in [-0.3, -0.25) is 20.4 Å². The third-order valence-corrected chi connectivity index (χ3v) is 5.90. The average molecular weight is 518 g/mol. The van der Waals surface area contributed by atoms with Gasteiger partial charge in [0.15, 0.2) is 0 Å². The van der Waals surface area contributed by atoms with Crippen molar-refractivity contribution < 1.29 is 23.6 Å². The van der Waals surface area contributed by atoms with E-state index in [9.17, 15) is 14.0 Å². The molecule has 2 aromatic rings. The summed E-state index contributed by atoms with van der Waals surface area (Å²) in [5, 5.41) is 2.55. The van der Waals surface area contributed by atoms with Crippen LogP contribution in [-0.2, 0) is 4.84 Å². The van der Waals surface area contributed by atoms with Crippen LogP contribution < -0.4 is 26.4 Å². The first kappa shape index (κ1) is 27.3. The Morgan fingerprint density at radius 1 is 1.00 bits per heavy atom. The van der Waals surface area contributed by atoms with Crippen LogP contribution in [0.2, 0.25) is 0 Å². The van der Waals surface area contributed by atoms with Crippen LogP contribution in [0.5, 0.6) is 5.75 Å². The second-order valence-corrected chi connectivity index (χ2v) is 8.69. The highest BCUT2D eigenvalue weighted by molar-refractivity contribution is 7.80. The summed E-state index contributed by atoms with van der Waals surface area (Å²) in [7, 11) is 1.39. The Morgan fingerprint density at radius 2 is 1.78 bits per heavy atom. The van der Waals surface area contributed by atoms with Gasteiger partial charge in [-0.1, -0.05) is 18.6 Å². The maximum absolute atomic E-state index is 13.8. The molecule has 0 bridgehead atoms. The molecule has 1 aliphatic heterocycles. The molecule has 11 heteroatoms. The van der Waals surface area contributed by atoms with Crippen LogP contribution in [0.15, 0.2) is 42.5 Å². The molecule has 194 valence electrons. The van der Waals surface area contributed by atoms with Gasteiger partial charge in [-0.15, -0.1) is 0 Å². The van der Waals surface area contributed by atoms with Gasteiger partial charge in [0.1, 0.15) is 11.6 Å². The number of halogens is 1. The van der Waals surface area contributed by atoms with Crippen molar-refractivity contribution in [1.82, 2.24) is 21.2 Å². The van der Waals surface area contributed by atoms with Gasteiger partial charge >= 0.3 is 0 Å². The van der Waals surface area contributed by atoms with Gasteiger partial charge in [-0.05, 0) is 81.8 Å². The number of carbonyl (C=O) groups excluding carboxylic acids is 2. The lowest BCUT2D eigenvalue weighted by atomic mass is 10.1. The minimum absolute atomic E-state index is 0.0351. The standard InChI is InChI=1S/C25H32FN5O4S/c1-34-22-17-18(28-23(32)19-9-3-4-10-21(19)26)11-12-20(22)24(33)29-30-25(36)35-27-13-5-8-16-31-14-6-2-7-15-31/h3-4,9-12,17,27H,2,5-8,13-16H2,1H3,(H,28,32)(H,29,33)(H,30,36). The summed E-state index contributed by atoms with van der Waals surface area (Å²) in [5.74, 6) is -1.56. The summed E-state index contributed by atoms with van der Waals surface area (Å²) < 4.78 is 19.1. The molecule has 2 aromatic carbocycles. The SMILES string of the molecule is COc1cc(NC(=O)c2ccccc2F)ccc1C(=O)NNC(=S)ONCCCCN1CCCCC1. The molecule has 1 heterocycles. The number of benzene rings is 2. The van der Waals surface area contributed by atoms with Crippen molar-refractivity contribution in [3.05, 3.63) is 59.4 Å². The number of hydrazine groups is 1. The summed E-state index contributed by atoms with van der Waals surface area (Å²) >= 11 is 5.06. The predicted molar refractivity (Wildman–Crippen MR) is 139 cm³/mol. The smallest absolute Gasteiger partial charge is 0.296 e. The first-order valence-electron chi connectivity index (χ1n) is 11.9. The van der Waals surface area contributed by atoms with Gasteiger partial charge in [-0.25, -0.2) is 4.39 Å². The summed E-state index contributed by atoms with van der Waals surface area (Å²) in [5.41, 5.74) is 8.20. The average Bonchev–Trinajstić information content (AvgIpc) is 2.90. The normalized spacial score (nSPS) is 13.5. The van der Waals surface area contributed by atoms with Crippen molar-refractivity contribution >= 4 is 34.9 Å². The van der Waals surface area contributed by atoms with E-state index >= 15 is 0 Å². The molecule has 1 saturated heterocycles. The molecule has 1 aliphatic rings. The molecule has 1 fully saturated rings. The number of rotatable bonds is 10. The van der Waals surface area contributed by atoms with Crippen molar-refractivity contribution in [2.75, 3.05) is 38.6 Å². The third kappa shape index (κ3) is 8.43. The molecule has 3 rings (SSSR count). The first-order valence-corrected chi connectivity index (χ1v) is 12.3.